The van der Waals surface area contributed by atoms with Gasteiger partial charge in [0.25, 0.3) is 8.48 Å². The van der Waals surface area contributed by atoms with E-state index in [1.54, 1.807) is 0 Å². The van der Waals surface area contributed by atoms with Crippen LogP contribution in [0.4, 0.5) is 0 Å². The van der Waals surface area contributed by atoms with E-state index < -0.39 is 8.48 Å². The molecule has 12 heavy (non-hydrogen) atoms. The van der Waals surface area contributed by atoms with Crippen molar-refractivity contribution in [2.24, 2.45) is 0 Å². The third-order valence-corrected chi connectivity index (χ3v) is 7.16. The average molecular weight is 189 g/mol. The predicted octanol–water partition coefficient (Wildman–Crippen LogP) is 2.50. The maximum Gasteiger partial charge on any atom is 0.270 e. The highest BCUT2D eigenvalue weighted by Crippen LogP contribution is 2.34. The van der Waals surface area contributed by atoms with Gasteiger partial charge in [-0.15, -0.1) is 0 Å². The summed E-state index contributed by atoms with van der Waals surface area (Å²) < 4.78 is 5.63. The van der Waals surface area contributed by atoms with Crippen LogP contribution in [-0.4, -0.2) is 22.1 Å². The minimum atomic E-state index is -1.70. The van der Waals surface area contributed by atoms with Crippen LogP contribution in [-0.2, 0) is 4.43 Å². The third kappa shape index (κ3) is 2.88. The van der Waals surface area contributed by atoms with Gasteiger partial charge in [0.1, 0.15) is 0 Å². The van der Waals surface area contributed by atoms with E-state index in [-0.39, 0.29) is 5.04 Å². The summed E-state index contributed by atoms with van der Waals surface area (Å²) in [6.45, 7) is 12.2. The standard InChI is InChI=1S/C9H23NOSi/c1-7-8-10-12(6,11-5)9(2,3)4/h10H,7-8H2,1-6H3. The molecule has 1 unspecified atom stereocenters. The molecule has 0 amide bonds. The van der Waals surface area contributed by atoms with Gasteiger partial charge >= 0.3 is 0 Å². The molecule has 0 saturated heterocycles. The first-order valence-electron chi connectivity index (χ1n) is 4.67. The van der Waals surface area contributed by atoms with Gasteiger partial charge in [-0.25, -0.2) is 0 Å². The zero-order chi connectivity index (χ0) is 9.83. The van der Waals surface area contributed by atoms with Crippen LogP contribution in [0.25, 0.3) is 0 Å². The van der Waals surface area contributed by atoms with Crippen LogP contribution in [0.5, 0.6) is 0 Å². The minimum absolute atomic E-state index is 0.261. The first kappa shape index (κ1) is 12.1. The molecular weight excluding hydrogens is 166 g/mol. The van der Waals surface area contributed by atoms with Gasteiger partial charge in [0, 0.05) is 7.11 Å². The van der Waals surface area contributed by atoms with E-state index in [0.29, 0.717) is 0 Å². The van der Waals surface area contributed by atoms with Gasteiger partial charge in [-0.05, 0) is 24.6 Å². The average Bonchev–Trinajstić information content (AvgIpc) is 1.98. The van der Waals surface area contributed by atoms with E-state index in [0.717, 1.165) is 6.54 Å². The highest BCUT2D eigenvalue weighted by molar-refractivity contribution is 6.72. The molecule has 0 fully saturated rings. The first-order chi connectivity index (χ1) is 5.37. The quantitative estimate of drug-likeness (QED) is 0.686. The third-order valence-electron chi connectivity index (χ3n) is 2.55. The fourth-order valence-electron chi connectivity index (χ4n) is 1.01. The summed E-state index contributed by atoms with van der Waals surface area (Å²) in [7, 11) is 0.124. The minimum Gasteiger partial charge on any atom is -0.406 e. The molecule has 0 radical (unpaired) electrons. The van der Waals surface area contributed by atoms with E-state index in [9.17, 15) is 0 Å². The summed E-state index contributed by atoms with van der Waals surface area (Å²) in [5.74, 6) is 0. The first-order valence-corrected chi connectivity index (χ1v) is 7.08. The fraction of sp³-hybridized carbons (Fsp3) is 1.00. The van der Waals surface area contributed by atoms with Crippen molar-refractivity contribution >= 4 is 8.48 Å². The molecule has 1 atom stereocenters. The summed E-state index contributed by atoms with van der Waals surface area (Å²) in [6.07, 6.45) is 1.17. The molecule has 0 aliphatic rings. The van der Waals surface area contributed by atoms with Crippen molar-refractivity contribution in [2.45, 2.75) is 45.7 Å². The van der Waals surface area contributed by atoms with Gasteiger partial charge in [0.15, 0.2) is 0 Å². The Hall–Kier alpha value is 0.137. The lowest BCUT2D eigenvalue weighted by Gasteiger charge is -2.38. The molecule has 0 aliphatic carbocycles. The largest absolute Gasteiger partial charge is 0.406 e. The highest BCUT2D eigenvalue weighted by Gasteiger charge is 2.40. The van der Waals surface area contributed by atoms with Crippen LogP contribution in [0, 0.1) is 0 Å². The normalized spacial score (nSPS) is 17.5. The monoisotopic (exact) mass is 189 g/mol. The van der Waals surface area contributed by atoms with Crippen LogP contribution in [0.1, 0.15) is 34.1 Å². The molecule has 0 spiro atoms. The van der Waals surface area contributed by atoms with Crippen LogP contribution in [0.15, 0.2) is 0 Å². The molecule has 1 N–H and O–H groups in total. The van der Waals surface area contributed by atoms with E-state index in [1.807, 2.05) is 7.11 Å². The zero-order valence-corrected chi connectivity index (χ0v) is 10.3. The Labute approximate surface area is 77.9 Å². The van der Waals surface area contributed by atoms with Crippen molar-refractivity contribution in [2.75, 3.05) is 13.7 Å². The second-order valence-corrected chi connectivity index (χ2v) is 8.74. The van der Waals surface area contributed by atoms with Crippen LogP contribution >= 0.6 is 0 Å². The van der Waals surface area contributed by atoms with E-state index in [1.165, 1.54) is 6.42 Å². The Bertz CT molecular complexity index is 133. The summed E-state index contributed by atoms with van der Waals surface area (Å²) in [6, 6.07) is 0. The van der Waals surface area contributed by atoms with Gasteiger partial charge in [-0.2, -0.15) is 0 Å². The highest BCUT2D eigenvalue weighted by atomic mass is 28.4. The summed E-state index contributed by atoms with van der Waals surface area (Å²) in [4.78, 5) is 3.55. The number of hydrogen-bond acceptors (Lipinski definition) is 2. The maximum atomic E-state index is 5.63. The topological polar surface area (TPSA) is 21.3 Å². The molecule has 0 aromatic carbocycles. The van der Waals surface area contributed by atoms with E-state index >= 15 is 0 Å². The molecule has 0 aromatic rings. The second kappa shape index (κ2) is 4.39. The molecule has 2 nitrogen and oxygen atoms in total. The lowest BCUT2D eigenvalue weighted by molar-refractivity contribution is 0.351. The maximum absolute atomic E-state index is 5.63. The Kier molecular flexibility index (Phi) is 4.44. The summed E-state index contributed by atoms with van der Waals surface area (Å²) in [5, 5.41) is 0.261. The van der Waals surface area contributed by atoms with Gasteiger partial charge in [0.2, 0.25) is 0 Å². The molecule has 0 saturated carbocycles. The van der Waals surface area contributed by atoms with Crippen molar-refractivity contribution in [3.63, 3.8) is 0 Å². The van der Waals surface area contributed by atoms with Crippen LogP contribution in [0.2, 0.25) is 11.6 Å². The number of nitrogens with one attached hydrogen (secondary N) is 1. The lowest BCUT2D eigenvalue weighted by atomic mass is 10.2. The predicted molar refractivity (Wildman–Crippen MR) is 56.6 cm³/mol. The summed E-state index contributed by atoms with van der Waals surface area (Å²) in [5.41, 5.74) is 0. The van der Waals surface area contributed by atoms with Gasteiger partial charge in [-0.3, -0.25) is 0 Å². The second-order valence-electron chi connectivity index (χ2n) is 4.41. The van der Waals surface area contributed by atoms with Crippen molar-refractivity contribution in [3.8, 4) is 0 Å². The number of rotatable bonds is 4. The zero-order valence-electron chi connectivity index (χ0n) is 9.32. The SMILES string of the molecule is CCCN[Si](C)(OC)C(C)(C)C. The number of hydrogen-bond donors (Lipinski definition) is 1. The van der Waals surface area contributed by atoms with E-state index in [2.05, 4.69) is 39.2 Å². The molecule has 74 valence electrons. The Morgan fingerprint density at radius 1 is 1.33 bits per heavy atom. The lowest BCUT2D eigenvalue weighted by Crippen LogP contribution is -2.56. The smallest absolute Gasteiger partial charge is 0.270 e. The van der Waals surface area contributed by atoms with Crippen molar-refractivity contribution < 1.29 is 4.43 Å². The van der Waals surface area contributed by atoms with Crippen molar-refractivity contribution in [3.05, 3.63) is 0 Å². The Morgan fingerprint density at radius 2 is 1.83 bits per heavy atom. The molecule has 0 rings (SSSR count). The van der Waals surface area contributed by atoms with Gasteiger partial charge in [0.05, 0.1) is 0 Å². The van der Waals surface area contributed by atoms with Gasteiger partial charge in [-0.1, -0.05) is 27.7 Å². The Morgan fingerprint density at radius 3 is 2.08 bits per heavy atom. The van der Waals surface area contributed by atoms with Gasteiger partial charge < -0.3 is 9.41 Å². The summed E-state index contributed by atoms with van der Waals surface area (Å²) >= 11 is 0. The molecule has 0 aliphatic heterocycles. The molecule has 3 heteroatoms. The van der Waals surface area contributed by atoms with Crippen molar-refractivity contribution in [1.29, 1.82) is 0 Å². The molecule has 0 heterocycles. The van der Waals surface area contributed by atoms with Crippen molar-refractivity contribution in [1.82, 2.24) is 4.98 Å². The molecule has 0 aromatic heterocycles. The van der Waals surface area contributed by atoms with E-state index in [4.69, 9.17) is 4.43 Å². The molecular formula is C9H23NOSi. The molecule has 0 bridgehead atoms. The fourth-order valence-corrected chi connectivity index (χ4v) is 3.02. The van der Waals surface area contributed by atoms with Crippen LogP contribution < -0.4 is 4.98 Å². The Balaban J connectivity index is 4.24. The van der Waals surface area contributed by atoms with Crippen LogP contribution in [0.3, 0.4) is 0 Å².